The summed E-state index contributed by atoms with van der Waals surface area (Å²) in [6.07, 6.45) is 7.23. The molecule has 3 heteroatoms. The van der Waals surface area contributed by atoms with Gasteiger partial charge in [-0.25, -0.2) is 0 Å². The van der Waals surface area contributed by atoms with Crippen LogP contribution in [-0.2, 0) is 0 Å². The zero-order valence-corrected chi connectivity index (χ0v) is 26.7. The van der Waals surface area contributed by atoms with E-state index in [1.807, 2.05) is 36.7 Å². The maximum atomic E-state index is 4.38. The summed E-state index contributed by atoms with van der Waals surface area (Å²) in [5.74, 6) is 7.18. The number of nitrogens with zero attached hydrogens (tertiary/aromatic N) is 2. The van der Waals surface area contributed by atoms with E-state index in [2.05, 4.69) is 153 Å². The molecule has 0 radical (unpaired) electrons. The van der Waals surface area contributed by atoms with Crippen molar-refractivity contribution in [2.45, 2.75) is 0 Å². The normalized spacial score (nSPS) is 13.4. The van der Waals surface area contributed by atoms with Crippen LogP contribution in [0.1, 0.15) is 33.4 Å². The molecule has 0 saturated heterocycles. The Kier molecular flexibility index (Phi) is 8.06. The number of hydrogen-bond acceptors (Lipinski definition) is 2. The van der Waals surface area contributed by atoms with Gasteiger partial charge in [-0.3, -0.25) is 0 Å². The average Bonchev–Trinajstić information content (AvgIpc) is 3.43. The molecule has 45 heavy (non-hydrogen) atoms. The van der Waals surface area contributed by atoms with Crippen molar-refractivity contribution in [2.75, 3.05) is 0 Å². The van der Waals surface area contributed by atoms with Gasteiger partial charge in [0.05, 0.1) is 0 Å². The zero-order chi connectivity index (χ0) is 30.3. The van der Waals surface area contributed by atoms with Crippen LogP contribution in [-0.4, -0.2) is 23.2 Å². The number of aromatic nitrogens is 2. The van der Waals surface area contributed by atoms with Gasteiger partial charge in [-0.05, 0) is 0 Å². The molecular weight excluding hydrogens is 605 g/mol. The van der Waals surface area contributed by atoms with Crippen LogP contribution < -0.4 is 0 Å². The monoisotopic (exact) mass is 634 g/mol. The van der Waals surface area contributed by atoms with E-state index >= 15 is 0 Å². The van der Waals surface area contributed by atoms with Crippen LogP contribution in [0.5, 0.6) is 0 Å². The summed E-state index contributed by atoms with van der Waals surface area (Å²) in [7, 11) is 0. The van der Waals surface area contributed by atoms with Gasteiger partial charge in [0.15, 0.2) is 0 Å². The van der Waals surface area contributed by atoms with Crippen LogP contribution in [0.4, 0.5) is 0 Å². The van der Waals surface area contributed by atoms with E-state index in [-0.39, 0.29) is 0 Å². The summed E-state index contributed by atoms with van der Waals surface area (Å²) in [5, 5.41) is 0. The minimum atomic E-state index is -4.03. The molecule has 2 aromatic heterocycles. The standard InChI is InChI=1S/C42H28GeN2/c1-5-17-35(18-6-1)39-40(36-19-7-2-8-20-36)42(38-23-11-4-12-24-38)43(27-25-33-15-13-29-44-31-33,28-26-34-16-14-30-45-32-34)41(39)37-21-9-3-10-22-37/h1-24,29-32H. The SMILES string of the molecule is C(#[C][Ge]1([C]#Cc2cccnc2)[C](c2ccccc2)=C(c2ccccc2)C(c2ccccc2)=[C]1c1ccccc1)c1cccnc1. The van der Waals surface area contributed by atoms with E-state index in [0.717, 1.165) is 33.4 Å². The van der Waals surface area contributed by atoms with Crippen LogP contribution in [0.25, 0.3) is 20.0 Å². The second-order valence-corrected chi connectivity index (χ2v) is 17.0. The summed E-state index contributed by atoms with van der Waals surface area (Å²) >= 11 is -4.03. The van der Waals surface area contributed by atoms with Crippen LogP contribution in [0.3, 0.4) is 0 Å². The van der Waals surface area contributed by atoms with Gasteiger partial charge in [0.2, 0.25) is 0 Å². The molecule has 3 heterocycles. The summed E-state index contributed by atoms with van der Waals surface area (Å²) in [4.78, 5) is 8.75. The molecule has 0 N–H and O–H groups in total. The number of rotatable bonds is 4. The molecule has 6 aromatic rings. The third-order valence-corrected chi connectivity index (χ3v) is 15.4. The Morgan fingerprint density at radius 1 is 0.378 bits per heavy atom. The van der Waals surface area contributed by atoms with Gasteiger partial charge >= 0.3 is 268 Å². The van der Waals surface area contributed by atoms with E-state index in [0.29, 0.717) is 0 Å². The zero-order valence-electron chi connectivity index (χ0n) is 24.6. The van der Waals surface area contributed by atoms with E-state index < -0.39 is 13.3 Å². The van der Waals surface area contributed by atoms with Gasteiger partial charge in [-0.1, -0.05) is 0 Å². The van der Waals surface area contributed by atoms with Crippen molar-refractivity contribution in [3.63, 3.8) is 0 Å². The first-order chi connectivity index (χ1) is 22.3. The van der Waals surface area contributed by atoms with E-state index in [4.69, 9.17) is 0 Å². The fourth-order valence-corrected chi connectivity index (χ4v) is 14.3. The Morgan fingerprint density at radius 2 is 0.733 bits per heavy atom. The number of allylic oxidation sites excluding steroid dienone is 2. The van der Waals surface area contributed by atoms with Gasteiger partial charge in [-0.2, -0.15) is 0 Å². The molecule has 4 aromatic carbocycles. The number of hydrogen-bond donors (Lipinski definition) is 0. The Labute approximate surface area is 267 Å². The molecule has 0 spiro atoms. The molecule has 0 unspecified atom stereocenters. The quantitative estimate of drug-likeness (QED) is 0.143. The molecule has 0 atom stereocenters. The summed E-state index contributed by atoms with van der Waals surface area (Å²) in [5.41, 5.74) is 8.76. The molecule has 1 aliphatic rings. The van der Waals surface area contributed by atoms with Crippen molar-refractivity contribution in [2.24, 2.45) is 0 Å². The van der Waals surface area contributed by atoms with Crippen molar-refractivity contribution in [3.05, 3.63) is 204 Å². The van der Waals surface area contributed by atoms with Gasteiger partial charge in [-0.15, -0.1) is 0 Å². The first-order valence-electron chi connectivity index (χ1n) is 14.9. The predicted molar refractivity (Wildman–Crippen MR) is 187 cm³/mol. The first kappa shape index (κ1) is 28.1. The molecule has 0 amide bonds. The third-order valence-electron chi connectivity index (χ3n) is 7.86. The Hall–Kier alpha value is -5.68. The van der Waals surface area contributed by atoms with Crippen LogP contribution >= 0.6 is 0 Å². The fraction of sp³-hybridized carbons (Fsp3) is 0. The van der Waals surface area contributed by atoms with Crippen LogP contribution in [0.2, 0.25) is 0 Å². The van der Waals surface area contributed by atoms with Gasteiger partial charge in [0.1, 0.15) is 0 Å². The molecule has 210 valence electrons. The molecule has 1 aliphatic heterocycles. The topological polar surface area (TPSA) is 25.8 Å². The van der Waals surface area contributed by atoms with Crippen molar-refractivity contribution < 1.29 is 0 Å². The molecule has 2 nitrogen and oxygen atoms in total. The molecule has 7 rings (SSSR count). The Morgan fingerprint density at radius 3 is 1.07 bits per heavy atom. The molecule has 0 fully saturated rings. The Balaban J connectivity index is 1.70. The second-order valence-electron chi connectivity index (χ2n) is 10.7. The molecular formula is C42H28GeN2. The average molecular weight is 633 g/mol. The van der Waals surface area contributed by atoms with Gasteiger partial charge in [0, 0.05) is 0 Å². The van der Waals surface area contributed by atoms with Crippen molar-refractivity contribution in [1.29, 1.82) is 0 Å². The summed E-state index contributed by atoms with van der Waals surface area (Å²) in [6, 6.07) is 50.8. The third kappa shape index (κ3) is 5.68. The maximum absolute atomic E-state index is 4.38. The Bertz CT molecular complexity index is 1960. The number of pyridine rings is 2. The van der Waals surface area contributed by atoms with E-state index in [9.17, 15) is 0 Å². The van der Waals surface area contributed by atoms with Gasteiger partial charge < -0.3 is 0 Å². The number of benzene rings is 4. The second kappa shape index (κ2) is 12.9. The van der Waals surface area contributed by atoms with Crippen molar-refractivity contribution >= 4 is 33.2 Å². The van der Waals surface area contributed by atoms with Crippen molar-refractivity contribution in [3.8, 4) is 21.3 Å². The van der Waals surface area contributed by atoms with Gasteiger partial charge in [0.25, 0.3) is 0 Å². The summed E-state index contributed by atoms with van der Waals surface area (Å²) < 4.78 is 10.4. The van der Waals surface area contributed by atoms with Crippen LogP contribution in [0.15, 0.2) is 170 Å². The predicted octanol–water partition coefficient (Wildman–Crippen LogP) is 8.72. The molecule has 0 saturated carbocycles. The molecule has 0 aliphatic carbocycles. The first-order valence-corrected chi connectivity index (χ1v) is 19.1. The van der Waals surface area contributed by atoms with Crippen molar-refractivity contribution in [1.82, 2.24) is 9.97 Å². The van der Waals surface area contributed by atoms with Crippen LogP contribution in [0, 0.1) is 21.3 Å². The van der Waals surface area contributed by atoms with E-state index in [1.165, 1.54) is 20.0 Å². The summed E-state index contributed by atoms with van der Waals surface area (Å²) in [6.45, 7) is 0. The molecule has 0 bridgehead atoms. The fourth-order valence-electron chi connectivity index (χ4n) is 5.95. The van der Waals surface area contributed by atoms with E-state index in [1.54, 1.807) is 12.4 Å². The minimum absolute atomic E-state index is 0.875.